The smallest absolute Gasteiger partial charge is 0.244 e. The molecule has 0 saturated carbocycles. The van der Waals surface area contributed by atoms with Gasteiger partial charge in [0.05, 0.1) is 11.6 Å². The van der Waals surface area contributed by atoms with Gasteiger partial charge in [-0.05, 0) is 38.7 Å². The topological polar surface area (TPSA) is 67.2 Å². The molecular weight excluding hydrogens is 268 g/mol. The number of hydrogen-bond acceptors (Lipinski definition) is 3. The Bertz CT molecular complexity index is 528. The maximum Gasteiger partial charge on any atom is 0.244 e. The molecular formula is C15H22N4O2. The van der Waals surface area contributed by atoms with Crippen molar-refractivity contribution in [2.45, 2.75) is 57.2 Å². The van der Waals surface area contributed by atoms with Crippen LogP contribution < -0.4 is 5.32 Å². The third kappa shape index (κ3) is 2.80. The summed E-state index contributed by atoms with van der Waals surface area (Å²) in [6, 6.07) is 1.92. The maximum atomic E-state index is 12.6. The van der Waals surface area contributed by atoms with Gasteiger partial charge < -0.3 is 10.2 Å². The lowest BCUT2D eigenvalue weighted by molar-refractivity contribution is -0.139. The van der Waals surface area contributed by atoms with Crippen molar-refractivity contribution >= 4 is 11.8 Å². The number of rotatable bonds is 2. The number of fused-ring (bicyclic) bond motifs is 1. The lowest BCUT2D eigenvalue weighted by atomic mass is 9.81. The molecule has 2 aliphatic rings. The van der Waals surface area contributed by atoms with E-state index in [1.807, 2.05) is 11.0 Å². The fourth-order valence-electron chi connectivity index (χ4n) is 3.66. The van der Waals surface area contributed by atoms with E-state index < -0.39 is 0 Å². The zero-order valence-electron chi connectivity index (χ0n) is 12.4. The Morgan fingerprint density at radius 3 is 3.14 bits per heavy atom. The van der Waals surface area contributed by atoms with Crippen LogP contribution in [0.3, 0.4) is 0 Å². The minimum Gasteiger partial charge on any atom is -0.349 e. The van der Waals surface area contributed by atoms with Crippen molar-refractivity contribution in [1.29, 1.82) is 0 Å². The predicted octanol–water partition coefficient (Wildman–Crippen LogP) is 0.933. The van der Waals surface area contributed by atoms with Crippen LogP contribution in [0.2, 0.25) is 0 Å². The van der Waals surface area contributed by atoms with Crippen molar-refractivity contribution in [2.75, 3.05) is 6.54 Å². The van der Waals surface area contributed by atoms with Gasteiger partial charge in [0.25, 0.3) is 0 Å². The Balaban J connectivity index is 1.78. The standard InChI is InChI=1S/C15H22N4O2/c1-15-7-3-10-19(12(15)5-2-6-13(20)17-15)14(21)11-18-9-4-8-16-18/h4,8-9,12H,2-3,5-7,10-11H2,1H3,(H,17,20)/t12-,15-/m0/s1. The van der Waals surface area contributed by atoms with Crippen LogP contribution in [0.25, 0.3) is 0 Å². The van der Waals surface area contributed by atoms with E-state index in [0.717, 1.165) is 32.2 Å². The quantitative estimate of drug-likeness (QED) is 0.881. The summed E-state index contributed by atoms with van der Waals surface area (Å²) in [5.41, 5.74) is -0.286. The highest BCUT2D eigenvalue weighted by molar-refractivity contribution is 5.79. The first-order chi connectivity index (χ1) is 10.1. The summed E-state index contributed by atoms with van der Waals surface area (Å²) in [5.74, 6) is 0.201. The van der Waals surface area contributed by atoms with Gasteiger partial charge in [0.15, 0.2) is 0 Å². The van der Waals surface area contributed by atoms with E-state index >= 15 is 0 Å². The van der Waals surface area contributed by atoms with Crippen LogP contribution in [-0.2, 0) is 16.1 Å². The average Bonchev–Trinajstić information content (AvgIpc) is 2.87. The van der Waals surface area contributed by atoms with Gasteiger partial charge in [-0.1, -0.05) is 0 Å². The Kier molecular flexibility index (Phi) is 3.69. The normalized spacial score (nSPS) is 29.5. The van der Waals surface area contributed by atoms with Crippen LogP contribution in [0, 0.1) is 0 Å². The molecule has 0 aliphatic carbocycles. The minimum atomic E-state index is -0.286. The van der Waals surface area contributed by atoms with Crippen molar-refractivity contribution in [2.24, 2.45) is 0 Å². The zero-order valence-corrected chi connectivity index (χ0v) is 12.4. The Morgan fingerprint density at radius 1 is 1.52 bits per heavy atom. The molecule has 0 aromatic carbocycles. The number of likely N-dealkylation sites (tertiary alicyclic amines) is 1. The molecule has 3 rings (SSSR count). The lowest BCUT2D eigenvalue weighted by Gasteiger charge is -2.47. The summed E-state index contributed by atoms with van der Waals surface area (Å²) in [7, 11) is 0. The second-order valence-corrected chi connectivity index (χ2v) is 6.27. The molecule has 0 bridgehead atoms. The van der Waals surface area contributed by atoms with Crippen LogP contribution in [0.1, 0.15) is 39.0 Å². The Hall–Kier alpha value is -1.85. The van der Waals surface area contributed by atoms with Gasteiger partial charge in [0.2, 0.25) is 11.8 Å². The molecule has 21 heavy (non-hydrogen) atoms. The molecule has 2 amide bonds. The molecule has 0 unspecified atom stereocenters. The molecule has 2 saturated heterocycles. The van der Waals surface area contributed by atoms with Gasteiger partial charge >= 0.3 is 0 Å². The highest BCUT2D eigenvalue weighted by Crippen LogP contribution is 2.33. The second kappa shape index (κ2) is 5.50. The average molecular weight is 290 g/mol. The van der Waals surface area contributed by atoms with Crippen molar-refractivity contribution in [3.8, 4) is 0 Å². The number of piperidine rings is 1. The molecule has 6 nitrogen and oxygen atoms in total. The molecule has 2 atom stereocenters. The second-order valence-electron chi connectivity index (χ2n) is 6.27. The molecule has 0 radical (unpaired) electrons. The number of amides is 2. The Labute approximate surface area is 124 Å². The summed E-state index contributed by atoms with van der Waals surface area (Å²) in [4.78, 5) is 26.4. The highest BCUT2D eigenvalue weighted by Gasteiger charge is 2.44. The van der Waals surface area contributed by atoms with Crippen LogP contribution in [0.5, 0.6) is 0 Å². The monoisotopic (exact) mass is 290 g/mol. The summed E-state index contributed by atoms with van der Waals surface area (Å²) in [6.45, 7) is 3.12. The number of hydrogen-bond donors (Lipinski definition) is 1. The third-order valence-electron chi connectivity index (χ3n) is 4.69. The van der Waals surface area contributed by atoms with E-state index in [-0.39, 0.29) is 29.9 Å². The fourth-order valence-corrected chi connectivity index (χ4v) is 3.66. The first kappa shape index (κ1) is 14.1. The van der Waals surface area contributed by atoms with Crippen molar-refractivity contribution in [3.05, 3.63) is 18.5 Å². The first-order valence-electron chi connectivity index (χ1n) is 7.66. The van der Waals surface area contributed by atoms with Gasteiger partial charge in [-0.3, -0.25) is 14.3 Å². The van der Waals surface area contributed by atoms with E-state index in [0.29, 0.717) is 6.42 Å². The van der Waals surface area contributed by atoms with Gasteiger partial charge in [-0.2, -0.15) is 5.10 Å². The largest absolute Gasteiger partial charge is 0.349 e. The molecule has 6 heteroatoms. The molecule has 2 aliphatic heterocycles. The van der Waals surface area contributed by atoms with Crippen LogP contribution in [0.4, 0.5) is 0 Å². The summed E-state index contributed by atoms with van der Waals surface area (Å²) < 4.78 is 1.66. The van der Waals surface area contributed by atoms with E-state index in [1.165, 1.54) is 0 Å². The molecule has 1 N–H and O–H groups in total. The van der Waals surface area contributed by atoms with Gasteiger partial charge in [-0.25, -0.2) is 0 Å². The van der Waals surface area contributed by atoms with E-state index in [4.69, 9.17) is 0 Å². The molecule has 114 valence electrons. The van der Waals surface area contributed by atoms with Crippen molar-refractivity contribution in [1.82, 2.24) is 20.0 Å². The van der Waals surface area contributed by atoms with Crippen molar-refractivity contribution in [3.63, 3.8) is 0 Å². The first-order valence-corrected chi connectivity index (χ1v) is 7.66. The summed E-state index contributed by atoms with van der Waals surface area (Å²) in [5, 5.41) is 7.25. The molecule has 1 aromatic rings. The summed E-state index contributed by atoms with van der Waals surface area (Å²) in [6.07, 6.45) is 7.65. The number of nitrogens with one attached hydrogen (secondary N) is 1. The van der Waals surface area contributed by atoms with Crippen LogP contribution >= 0.6 is 0 Å². The number of carbonyl (C=O) groups excluding carboxylic acids is 2. The van der Waals surface area contributed by atoms with Gasteiger partial charge in [0, 0.05) is 25.4 Å². The lowest BCUT2D eigenvalue weighted by Crippen LogP contribution is -2.63. The van der Waals surface area contributed by atoms with Gasteiger partial charge in [0.1, 0.15) is 6.54 Å². The van der Waals surface area contributed by atoms with E-state index in [9.17, 15) is 9.59 Å². The Morgan fingerprint density at radius 2 is 2.38 bits per heavy atom. The van der Waals surface area contributed by atoms with Crippen LogP contribution in [0.15, 0.2) is 18.5 Å². The SMILES string of the molecule is C[C@]12CCCN(C(=O)Cn3cccn3)[C@H]1CCCC(=O)N2. The molecule has 2 fully saturated rings. The van der Waals surface area contributed by atoms with E-state index in [1.54, 1.807) is 17.1 Å². The molecule has 0 spiro atoms. The zero-order chi connectivity index (χ0) is 14.9. The van der Waals surface area contributed by atoms with Crippen molar-refractivity contribution < 1.29 is 9.59 Å². The summed E-state index contributed by atoms with van der Waals surface area (Å²) >= 11 is 0. The van der Waals surface area contributed by atoms with Gasteiger partial charge in [-0.15, -0.1) is 0 Å². The third-order valence-corrected chi connectivity index (χ3v) is 4.69. The minimum absolute atomic E-state index is 0.0887. The molecule has 3 heterocycles. The maximum absolute atomic E-state index is 12.6. The van der Waals surface area contributed by atoms with E-state index in [2.05, 4.69) is 17.3 Å². The highest BCUT2D eigenvalue weighted by atomic mass is 16.2. The molecule has 1 aromatic heterocycles. The number of nitrogens with zero attached hydrogens (tertiary/aromatic N) is 3. The number of aromatic nitrogens is 2. The van der Waals surface area contributed by atoms with Crippen LogP contribution in [-0.4, -0.2) is 44.6 Å². The predicted molar refractivity (Wildman–Crippen MR) is 77.4 cm³/mol. The fraction of sp³-hybridized carbons (Fsp3) is 0.667. The number of carbonyl (C=O) groups is 2.